The van der Waals surface area contributed by atoms with Gasteiger partial charge in [0.2, 0.25) is 0 Å². The molecular weight excluding hydrogens is 425 g/mol. The number of hydrogen-bond donors (Lipinski definition) is 2. The van der Waals surface area contributed by atoms with Crippen LogP contribution in [0.4, 0.5) is 5.82 Å². The number of fused-ring (bicyclic) bond motifs is 1. The van der Waals surface area contributed by atoms with Crippen molar-refractivity contribution in [3.63, 3.8) is 0 Å². The Morgan fingerprint density at radius 3 is 2.61 bits per heavy atom. The largest absolute Gasteiger partial charge is 0.434 e. The molecule has 3 aromatic heterocycles. The number of rotatable bonds is 3. The summed E-state index contributed by atoms with van der Waals surface area (Å²) >= 11 is 6.17. The molecule has 3 N–H and O–H groups in total. The summed E-state index contributed by atoms with van der Waals surface area (Å²) in [5.74, 6) is 1.66. The van der Waals surface area contributed by atoms with Crippen molar-refractivity contribution in [2.24, 2.45) is 5.73 Å². The molecule has 0 amide bonds. The number of aromatic nitrogens is 5. The molecular formula is C17H22Cl3N7O. The number of aromatic amines is 1. The van der Waals surface area contributed by atoms with Gasteiger partial charge >= 0.3 is 0 Å². The molecule has 0 atom stereocenters. The topological polar surface area (TPSA) is 106 Å². The summed E-state index contributed by atoms with van der Waals surface area (Å²) < 4.78 is 5.86. The third-order valence-electron chi connectivity index (χ3n) is 4.69. The van der Waals surface area contributed by atoms with E-state index in [1.54, 1.807) is 12.4 Å². The summed E-state index contributed by atoms with van der Waals surface area (Å²) in [6.45, 7) is 5.67. The second kappa shape index (κ2) is 8.65. The first-order chi connectivity index (χ1) is 12.4. The highest BCUT2D eigenvalue weighted by Gasteiger charge is 2.27. The lowest BCUT2D eigenvalue weighted by molar-refractivity contribution is 0.363. The first-order valence-corrected chi connectivity index (χ1v) is 8.84. The van der Waals surface area contributed by atoms with Crippen LogP contribution in [0.5, 0.6) is 11.6 Å². The Kier molecular flexibility index (Phi) is 6.93. The lowest BCUT2D eigenvalue weighted by atomic mass is 9.91. The van der Waals surface area contributed by atoms with E-state index < -0.39 is 0 Å². The maximum Gasteiger partial charge on any atom is 0.266 e. The summed E-state index contributed by atoms with van der Waals surface area (Å²) in [4.78, 5) is 15.3. The van der Waals surface area contributed by atoms with Crippen molar-refractivity contribution in [2.75, 3.05) is 18.0 Å². The van der Waals surface area contributed by atoms with Crippen LogP contribution in [-0.4, -0.2) is 43.8 Å². The van der Waals surface area contributed by atoms with Crippen molar-refractivity contribution in [3.8, 4) is 11.6 Å². The van der Waals surface area contributed by atoms with Gasteiger partial charge in [-0.3, -0.25) is 10.1 Å². The zero-order chi connectivity index (χ0) is 18.3. The molecule has 1 saturated heterocycles. The number of aryl methyl sites for hydroxylation is 1. The van der Waals surface area contributed by atoms with Crippen LogP contribution < -0.4 is 15.4 Å². The maximum absolute atomic E-state index is 6.20. The Hall–Kier alpha value is -1.87. The van der Waals surface area contributed by atoms with Crippen molar-refractivity contribution in [1.29, 1.82) is 0 Å². The number of piperidine rings is 1. The van der Waals surface area contributed by atoms with Gasteiger partial charge in [0, 0.05) is 36.6 Å². The highest BCUT2D eigenvalue weighted by molar-refractivity contribution is 6.32. The third kappa shape index (κ3) is 4.41. The SMILES string of the molecule is Cc1cncc(Cl)c1Oc1n[nH]c2nc(N3CCC(C)(N)CC3)cnc12.Cl.Cl. The van der Waals surface area contributed by atoms with E-state index in [4.69, 9.17) is 22.1 Å². The van der Waals surface area contributed by atoms with Crippen molar-refractivity contribution in [1.82, 2.24) is 25.1 Å². The van der Waals surface area contributed by atoms with Gasteiger partial charge in [-0.2, -0.15) is 0 Å². The molecule has 0 radical (unpaired) electrons. The summed E-state index contributed by atoms with van der Waals surface area (Å²) in [6.07, 6.45) is 6.80. The normalized spacial score (nSPS) is 15.6. The van der Waals surface area contributed by atoms with E-state index in [2.05, 4.69) is 37.0 Å². The van der Waals surface area contributed by atoms with Crippen LogP contribution in [0.1, 0.15) is 25.3 Å². The van der Waals surface area contributed by atoms with E-state index in [0.29, 0.717) is 27.8 Å². The van der Waals surface area contributed by atoms with Crippen molar-refractivity contribution in [3.05, 3.63) is 29.2 Å². The Bertz CT molecular complexity index is 933. The molecule has 1 aliphatic heterocycles. The average molecular weight is 447 g/mol. The molecule has 152 valence electrons. The molecule has 4 heterocycles. The van der Waals surface area contributed by atoms with Crippen molar-refractivity contribution in [2.45, 2.75) is 32.2 Å². The van der Waals surface area contributed by atoms with Crippen LogP contribution in [0.15, 0.2) is 18.6 Å². The average Bonchev–Trinajstić information content (AvgIpc) is 3.00. The van der Waals surface area contributed by atoms with Crippen molar-refractivity contribution < 1.29 is 4.74 Å². The zero-order valence-corrected chi connectivity index (χ0v) is 17.9. The molecule has 4 rings (SSSR count). The number of pyridine rings is 1. The lowest BCUT2D eigenvalue weighted by Gasteiger charge is -2.37. The van der Waals surface area contributed by atoms with Gasteiger partial charge in [0.15, 0.2) is 16.9 Å². The number of nitrogens with two attached hydrogens (primary N) is 1. The smallest absolute Gasteiger partial charge is 0.266 e. The van der Waals surface area contributed by atoms with E-state index in [1.165, 1.54) is 6.20 Å². The van der Waals surface area contributed by atoms with E-state index >= 15 is 0 Å². The highest BCUT2D eigenvalue weighted by Crippen LogP contribution is 2.33. The summed E-state index contributed by atoms with van der Waals surface area (Å²) in [6, 6.07) is 0. The Morgan fingerprint density at radius 2 is 1.93 bits per heavy atom. The zero-order valence-electron chi connectivity index (χ0n) is 15.5. The molecule has 0 aromatic carbocycles. The number of nitrogens with one attached hydrogen (secondary N) is 1. The van der Waals surface area contributed by atoms with Gasteiger partial charge < -0.3 is 15.4 Å². The Balaban J connectivity index is 0.00000140. The number of anilines is 1. The fourth-order valence-corrected chi connectivity index (χ4v) is 3.23. The predicted molar refractivity (Wildman–Crippen MR) is 114 cm³/mol. The van der Waals surface area contributed by atoms with Gasteiger partial charge in [0.05, 0.1) is 6.20 Å². The first kappa shape index (κ1) is 22.4. The van der Waals surface area contributed by atoms with Crippen LogP contribution in [0.3, 0.4) is 0 Å². The fraction of sp³-hybridized carbons (Fsp3) is 0.412. The number of H-pyrrole nitrogens is 1. The van der Waals surface area contributed by atoms with E-state index in [0.717, 1.165) is 37.3 Å². The molecule has 0 bridgehead atoms. The molecule has 0 spiro atoms. The third-order valence-corrected chi connectivity index (χ3v) is 4.95. The molecule has 11 heteroatoms. The van der Waals surface area contributed by atoms with Gasteiger partial charge in [-0.05, 0) is 26.7 Å². The van der Waals surface area contributed by atoms with Crippen LogP contribution in [0.2, 0.25) is 5.02 Å². The number of nitrogens with zero attached hydrogens (tertiary/aromatic N) is 5. The molecule has 0 unspecified atom stereocenters. The number of ether oxygens (including phenoxy) is 1. The van der Waals surface area contributed by atoms with E-state index in [9.17, 15) is 0 Å². The van der Waals surface area contributed by atoms with E-state index in [1.807, 2.05) is 6.92 Å². The molecule has 0 saturated carbocycles. The molecule has 1 aliphatic rings. The second-order valence-electron chi connectivity index (χ2n) is 6.96. The molecule has 28 heavy (non-hydrogen) atoms. The summed E-state index contributed by atoms with van der Waals surface area (Å²) in [7, 11) is 0. The molecule has 0 aliphatic carbocycles. The van der Waals surface area contributed by atoms with Crippen LogP contribution in [0, 0.1) is 6.92 Å². The second-order valence-corrected chi connectivity index (χ2v) is 7.37. The highest BCUT2D eigenvalue weighted by atomic mass is 35.5. The van der Waals surface area contributed by atoms with Gasteiger partial charge in [-0.15, -0.1) is 29.9 Å². The van der Waals surface area contributed by atoms with Gasteiger partial charge in [0.1, 0.15) is 10.8 Å². The lowest BCUT2D eigenvalue weighted by Crippen LogP contribution is -2.48. The minimum absolute atomic E-state index is 0. The fourth-order valence-electron chi connectivity index (χ4n) is 2.99. The van der Waals surface area contributed by atoms with Gasteiger partial charge in [0.25, 0.3) is 5.88 Å². The minimum atomic E-state index is -0.106. The minimum Gasteiger partial charge on any atom is -0.434 e. The maximum atomic E-state index is 6.20. The van der Waals surface area contributed by atoms with Crippen molar-refractivity contribution >= 4 is 53.4 Å². The summed E-state index contributed by atoms with van der Waals surface area (Å²) in [5, 5.41) is 7.50. The monoisotopic (exact) mass is 445 g/mol. The van der Waals surface area contributed by atoms with Gasteiger partial charge in [-0.1, -0.05) is 11.6 Å². The molecule has 8 nitrogen and oxygen atoms in total. The number of hydrogen-bond acceptors (Lipinski definition) is 7. The van der Waals surface area contributed by atoms with Gasteiger partial charge in [-0.25, -0.2) is 9.97 Å². The van der Waals surface area contributed by atoms with Crippen LogP contribution in [0.25, 0.3) is 11.2 Å². The van der Waals surface area contributed by atoms with Crippen LogP contribution in [-0.2, 0) is 0 Å². The first-order valence-electron chi connectivity index (χ1n) is 8.46. The van der Waals surface area contributed by atoms with E-state index in [-0.39, 0.29) is 30.4 Å². The standard InChI is InChI=1S/C17H20ClN7O.2ClH/c1-10-7-20-8-11(18)14(10)26-16-13-15(23-24-16)22-12(9-21-13)25-5-3-17(2,19)4-6-25;;/h7-9H,3-6,19H2,1-2H3,(H,22,23,24);2*1H. The van der Waals surface area contributed by atoms with Crippen LogP contribution >= 0.6 is 36.4 Å². The summed E-state index contributed by atoms with van der Waals surface area (Å²) in [5.41, 5.74) is 8.04. The molecule has 1 fully saturated rings. The molecule has 3 aromatic rings. The Morgan fingerprint density at radius 1 is 1.21 bits per heavy atom. The Labute approximate surface area is 180 Å². The number of halogens is 3. The predicted octanol–water partition coefficient (Wildman–Crippen LogP) is 3.66. The quantitative estimate of drug-likeness (QED) is 0.632.